The summed E-state index contributed by atoms with van der Waals surface area (Å²) >= 11 is 5.47. The molecule has 0 bridgehead atoms. The number of hydrogen-bond donors (Lipinski definition) is 1. The zero-order chi connectivity index (χ0) is 21.6. The predicted molar refractivity (Wildman–Crippen MR) is 91.3 cm³/mol. The van der Waals surface area contributed by atoms with Gasteiger partial charge in [0, 0.05) is 12.6 Å². The van der Waals surface area contributed by atoms with Gasteiger partial charge in [0.15, 0.2) is 11.5 Å². The third-order valence-electron chi connectivity index (χ3n) is 3.77. The third-order valence-corrected chi connectivity index (χ3v) is 4.10. The van der Waals surface area contributed by atoms with E-state index in [0.717, 1.165) is 17.7 Å². The van der Waals surface area contributed by atoms with Gasteiger partial charge in [-0.3, -0.25) is 9.79 Å². The summed E-state index contributed by atoms with van der Waals surface area (Å²) in [6.45, 7) is 1.69. The highest BCUT2D eigenvalue weighted by Gasteiger charge is 2.40. The Kier molecular flexibility index (Phi) is 5.20. The van der Waals surface area contributed by atoms with Crippen LogP contribution in [0.2, 0.25) is 5.02 Å². The molecule has 154 valence electrons. The molecule has 2 aromatic rings. The molecule has 0 spiro atoms. The number of nitrogens with zero attached hydrogens (tertiary/aromatic N) is 2. The van der Waals surface area contributed by atoms with Crippen molar-refractivity contribution in [3.63, 3.8) is 0 Å². The molecule has 2 heterocycles. The number of aromatic nitrogens is 2. The van der Waals surface area contributed by atoms with Crippen LogP contribution in [0, 0.1) is 0 Å². The molecule has 1 aromatic carbocycles. The average molecular weight is 438 g/mol. The summed E-state index contributed by atoms with van der Waals surface area (Å²) < 4.78 is 84.1. The number of nitrogens with one attached hydrogen (secondary N) is 1. The molecule has 12 heteroatoms. The number of aliphatic imine (C=N–C) groups is 1. The Balaban J connectivity index is 2.07. The van der Waals surface area contributed by atoms with E-state index in [1.165, 1.54) is 6.20 Å². The molecule has 1 aliphatic heterocycles. The first-order chi connectivity index (χ1) is 13.4. The van der Waals surface area contributed by atoms with Gasteiger partial charge in [0.05, 0.1) is 16.3 Å². The van der Waals surface area contributed by atoms with Crippen molar-refractivity contribution in [2.24, 2.45) is 4.99 Å². The smallest absolute Gasteiger partial charge is 0.437 e. The molecule has 0 aliphatic carbocycles. The van der Waals surface area contributed by atoms with Crippen LogP contribution in [0.3, 0.4) is 0 Å². The standard InChI is InChI=1S/C17H10ClF6N3O2/c1-7-4-11(25-6-7)14-26-13(17(22,23)24)12(15(28)27-14)29-8-2-3-10(18)9(5-8)16(19,20)21/h2-3,5-6H,4H2,1H3,(H,26,27,28). The number of benzene rings is 1. The molecular weight excluding hydrogens is 428 g/mol. The highest BCUT2D eigenvalue weighted by atomic mass is 35.5. The van der Waals surface area contributed by atoms with Crippen LogP contribution in [0.4, 0.5) is 26.3 Å². The number of H-pyrrole nitrogens is 1. The van der Waals surface area contributed by atoms with E-state index in [0.29, 0.717) is 6.07 Å². The van der Waals surface area contributed by atoms with E-state index in [9.17, 15) is 31.1 Å². The monoisotopic (exact) mass is 437 g/mol. The number of aromatic amines is 1. The van der Waals surface area contributed by atoms with Crippen molar-refractivity contribution in [2.75, 3.05) is 0 Å². The maximum atomic E-state index is 13.5. The quantitative estimate of drug-likeness (QED) is 0.658. The van der Waals surface area contributed by atoms with E-state index < -0.39 is 51.5 Å². The Bertz CT molecular complexity index is 1090. The zero-order valence-electron chi connectivity index (χ0n) is 14.4. The molecule has 0 fully saturated rings. The van der Waals surface area contributed by atoms with Gasteiger partial charge < -0.3 is 9.72 Å². The lowest BCUT2D eigenvalue weighted by molar-refractivity contribution is -0.142. The summed E-state index contributed by atoms with van der Waals surface area (Å²) in [7, 11) is 0. The van der Waals surface area contributed by atoms with Gasteiger partial charge in [0.1, 0.15) is 5.75 Å². The number of hydrogen-bond acceptors (Lipinski definition) is 4. The Morgan fingerprint density at radius 1 is 1.14 bits per heavy atom. The van der Waals surface area contributed by atoms with E-state index in [1.54, 1.807) is 6.92 Å². The average Bonchev–Trinajstić information content (AvgIpc) is 3.02. The Labute approximate surface area is 163 Å². The van der Waals surface area contributed by atoms with Crippen LogP contribution < -0.4 is 10.3 Å². The third kappa shape index (κ3) is 4.44. The van der Waals surface area contributed by atoms with Crippen LogP contribution in [0.25, 0.3) is 0 Å². The normalized spacial score (nSPS) is 14.6. The molecule has 0 unspecified atom stereocenters. The van der Waals surface area contributed by atoms with Gasteiger partial charge in [-0.25, -0.2) is 4.98 Å². The van der Waals surface area contributed by atoms with E-state index in [1.807, 2.05) is 0 Å². The zero-order valence-corrected chi connectivity index (χ0v) is 15.1. The van der Waals surface area contributed by atoms with Gasteiger partial charge >= 0.3 is 12.4 Å². The second kappa shape index (κ2) is 7.21. The van der Waals surface area contributed by atoms with Crippen molar-refractivity contribution in [3.05, 3.63) is 62.4 Å². The fourth-order valence-corrected chi connectivity index (χ4v) is 2.70. The van der Waals surface area contributed by atoms with Crippen molar-refractivity contribution >= 4 is 17.3 Å². The van der Waals surface area contributed by atoms with Crippen molar-refractivity contribution in [2.45, 2.75) is 25.7 Å². The minimum atomic E-state index is -5.11. The molecule has 0 atom stereocenters. The highest BCUT2D eigenvalue weighted by molar-refractivity contribution is 6.31. The molecule has 3 rings (SSSR count). The lowest BCUT2D eigenvalue weighted by atomic mass is 10.2. The summed E-state index contributed by atoms with van der Waals surface area (Å²) in [5.74, 6) is -2.36. The largest absolute Gasteiger partial charge is 0.449 e. The van der Waals surface area contributed by atoms with Gasteiger partial charge in [-0.15, -0.1) is 0 Å². The predicted octanol–water partition coefficient (Wildman–Crippen LogP) is 5.35. The van der Waals surface area contributed by atoms with Crippen molar-refractivity contribution in [3.8, 4) is 11.5 Å². The molecule has 1 N–H and O–H groups in total. The lowest BCUT2D eigenvalue weighted by Gasteiger charge is -2.15. The van der Waals surface area contributed by atoms with Gasteiger partial charge in [0.25, 0.3) is 5.56 Å². The molecule has 1 aliphatic rings. The Morgan fingerprint density at radius 3 is 2.38 bits per heavy atom. The van der Waals surface area contributed by atoms with Crippen LogP contribution in [0.5, 0.6) is 11.5 Å². The Hall–Kier alpha value is -2.82. The van der Waals surface area contributed by atoms with Crippen LogP contribution >= 0.6 is 11.6 Å². The Morgan fingerprint density at radius 2 is 1.83 bits per heavy atom. The first kappa shape index (κ1) is 20.9. The van der Waals surface area contributed by atoms with Crippen molar-refractivity contribution in [1.29, 1.82) is 0 Å². The second-order valence-corrected chi connectivity index (χ2v) is 6.47. The van der Waals surface area contributed by atoms with E-state index in [4.69, 9.17) is 16.3 Å². The number of allylic oxidation sites excluding steroid dienone is 1. The minimum Gasteiger partial charge on any atom is -0.449 e. The lowest BCUT2D eigenvalue weighted by Crippen LogP contribution is -2.24. The fraction of sp³-hybridized carbons (Fsp3) is 0.235. The number of ether oxygens (including phenoxy) is 1. The van der Waals surface area contributed by atoms with Gasteiger partial charge in [-0.05, 0) is 30.7 Å². The molecular formula is C17H10ClF6N3O2. The number of alkyl halides is 6. The van der Waals surface area contributed by atoms with Crippen molar-refractivity contribution < 1.29 is 31.1 Å². The summed E-state index contributed by atoms with van der Waals surface area (Å²) in [4.78, 5) is 21.7. The van der Waals surface area contributed by atoms with Gasteiger partial charge in [-0.2, -0.15) is 26.3 Å². The van der Waals surface area contributed by atoms with Crippen molar-refractivity contribution in [1.82, 2.24) is 9.97 Å². The molecule has 29 heavy (non-hydrogen) atoms. The summed E-state index contributed by atoms with van der Waals surface area (Å²) in [5.41, 5.74) is -3.47. The molecule has 0 saturated carbocycles. The fourth-order valence-electron chi connectivity index (χ4n) is 2.48. The summed E-state index contributed by atoms with van der Waals surface area (Å²) in [6.07, 6.45) is -8.38. The summed E-state index contributed by atoms with van der Waals surface area (Å²) in [6, 6.07) is 2.09. The van der Waals surface area contributed by atoms with Gasteiger partial charge in [0.2, 0.25) is 5.75 Å². The SMILES string of the molecule is CC1=CN=C(c2nc(C(F)(F)F)c(Oc3ccc(Cl)c(C(F)(F)F)c3)c(=O)[nH]2)C1. The van der Waals surface area contributed by atoms with Crippen LogP contribution in [-0.4, -0.2) is 15.7 Å². The maximum Gasteiger partial charge on any atom is 0.437 e. The van der Waals surface area contributed by atoms with Crippen LogP contribution in [-0.2, 0) is 12.4 Å². The molecule has 5 nitrogen and oxygen atoms in total. The van der Waals surface area contributed by atoms with Crippen LogP contribution in [0.15, 0.2) is 39.8 Å². The second-order valence-electron chi connectivity index (χ2n) is 6.06. The topological polar surface area (TPSA) is 67.3 Å². The highest BCUT2D eigenvalue weighted by Crippen LogP contribution is 2.39. The molecule has 1 aromatic heterocycles. The first-order valence-electron chi connectivity index (χ1n) is 7.85. The molecule has 0 saturated heterocycles. The van der Waals surface area contributed by atoms with E-state index in [-0.39, 0.29) is 12.1 Å². The number of halogens is 7. The minimum absolute atomic E-state index is 0.113. The first-order valence-corrected chi connectivity index (χ1v) is 8.23. The van der Waals surface area contributed by atoms with E-state index in [2.05, 4.69) is 15.0 Å². The van der Waals surface area contributed by atoms with Gasteiger partial charge in [-0.1, -0.05) is 11.6 Å². The summed E-state index contributed by atoms with van der Waals surface area (Å²) in [5, 5.41) is -0.676. The number of rotatable bonds is 3. The van der Waals surface area contributed by atoms with Crippen LogP contribution in [0.1, 0.15) is 30.4 Å². The molecule has 0 radical (unpaired) electrons. The maximum absolute atomic E-state index is 13.5. The molecule has 0 amide bonds. The van der Waals surface area contributed by atoms with E-state index >= 15 is 0 Å².